The van der Waals surface area contributed by atoms with Gasteiger partial charge in [0, 0.05) is 30.9 Å². The zero-order valence-corrected chi connectivity index (χ0v) is 8.73. The maximum Gasteiger partial charge on any atom is 0.240 e. The Hall–Kier alpha value is -1.78. The first-order valence-corrected chi connectivity index (χ1v) is 4.69. The Labute approximate surface area is 87.8 Å². The van der Waals surface area contributed by atoms with Crippen molar-refractivity contribution < 1.29 is 9.53 Å². The third-order valence-corrected chi connectivity index (χ3v) is 2.76. The van der Waals surface area contributed by atoms with Gasteiger partial charge in [-0.1, -0.05) is 0 Å². The fraction of sp³-hybridized carbons (Fsp3) is 0.400. The van der Waals surface area contributed by atoms with E-state index in [0.29, 0.717) is 12.3 Å². The second-order valence-corrected chi connectivity index (χ2v) is 3.55. The highest BCUT2D eigenvalue weighted by atomic mass is 16.5. The summed E-state index contributed by atoms with van der Waals surface area (Å²) in [6.45, 7) is 0. The highest BCUT2D eigenvalue weighted by Gasteiger charge is 2.32. The molecule has 1 aromatic heterocycles. The monoisotopic (exact) mass is 207 g/mol. The summed E-state index contributed by atoms with van der Waals surface area (Å²) in [6, 6.07) is 1.57. The molecule has 2 rings (SSSR count). The van der Waals surface area contributed by atoms with Gasteiger partial charge in [-0.05, 0) is 6.07 Å². The van der Waals surface area contributed by atoms with E-state index in [1.165, 1.54) is 0 Å². The molecule has 1 atom stereocenters. The number of rotatable bonds is 2. The average Bonchev–Trinajstić information content (AvgIpc) is 2.56. The maximum absolute atomic E-state index is 11.2. The molecule has 0 saturated carbocycles. The fourth-order valence-corrected chi connectivity index (χ4v) is 1.95. The van der Waals surface area contributed by atoms with Crippen molar-refractivity contribution in [2.75, 3.05) is 19.1 Å². The van der Waals surface area contributed by atoms with Gasteiger partial charge < -0.3 is 15.4 Å². The van der Waals surface area contributed by atoms with Crippen LogP contribution in [0.25, 0.3) is 0 Å². The fourth-order valence-electron chi connectivity index (χ4n) is 1.95. The van der Waals surface area contributed by atoms with E-state index in [0.717, 1.165) is 11.3 Å². The first-order valence-electron chi connectivity index (χ1n) is 4.69. The van der Waals surface area contributed by atoms with Gasteiger partial charge in [0.15, 0.2) is 0 Å². The summed E-state index contributed by atoms with van der Waals surface area (Å²) in [6.07, 6.45) is 2.23. The van der Waals surface area contributed by atoms with Crippen LogP contribution in [0.15, 0.2) is 12.3 Å². The lowest BCUT2D eigenvalue weighted by Crippen LogP contribution is -2.40. The van der Waals surface area contributed by atoms with Gasteiger partial charge in [0.1, 0.15) is 6.04 Å². The number of carbonyl (C=O) groups is 1. The van der Waals surface area contributed by atoms with Gasteiger partial charge in [-0.25, -0.2) is 4.98 Å². The molecule has 2 heterocycles. The summed E-state index contributed by atoms with van der Waals surface area (Å²) in [5.41, 5.74) is 7.23. The Morgan fingerprint density at radius 1 is 1.73 bits per heavy atom. The molecule has 1 amide bonds. The van der Waals surface area contributed by atoms with E-state index in [9.17, 15) is 4.79 Å². The van der Waals surface area contributed by atoms with E-state index < -0.39 is 0 Å². The topological polar surface area (TPSA) is 68.5 Å². The van der Waals surface area contributed by atoms with Crippen LogP contribution in [0, 0.1) is 0 Å². The number of pyridine rings is 1. The summed E-state index contributed by atoms with van der Waals surface area (Å²) in [4.78, 5) is 17.2. The number of methoxy groups -OCH3 is 1. The van der Waals surface area contributed by atoms with Crippen LogP contribution in [0.5, 0.6) is 5.88 Å². The molecule has 1 aromatic rings. The molecule has 1 aliphatic heterocycles. The van der Waals surface area contributed by atoms with Crippen molar-refractivity contribution in [3.8, 4) is 5.88 Å². The van der Waals surface area contributed by atoms with E-state index in [2.05, 4.69) is 4.98 Å². The molecule has 15 heavy (non-hydrogen) atoms. The predicted octanol–water partition coefficient (Wildman–Crippen LogP) is -0.0636. The second kappa shape index (κ2) is 3.42. The van der Waals surface area contributed by atoms with Crippen molar-refractivity contribution >= 4 is 11.6 Å². The quantitative estimate of drug-likeness (QED) is 0.737. The Morgan fingerprint density at radius 3 is 3.07 bits per heavy atom. The van der Waals surface area contributed by atoms with Crippen molar-refractivity contribution in [1.29, 1.82) is 0 Å². The summed E-state index contributed by atoms with van der Waals surface area (Å²) in [5.74, 6) is 0.249. The molecule has 0 bridgehead atoms. The number of aromatic nitrogens is 1. The Bertz CT molecular complexity index is 406. The van der Waals surface area contributed by atoms with Crippen LogP contribution in [0.4, 0.5) is 5.69 Å². The number of amides is 1. The molecular weight excluding hydrogens is 194 g/mol. The number of nitrogens with zero attached hydrogens (tertiary/aromatic N) is 2. The van der Waals surface area contributed by atoms with Gasteiger partial charge in [0.05, 0.1) is 7.11 Å². The number of anilines is 1. The average molecular weight is 207 g/mol. The van der Waals surface area contributed by atoms with Gasteiger partial charge in [0.25, 0.3) is 0 Å². The highest BCUT2D eigenvalue weighted by Crippen LogP contribution is 2.35. The van der Waals surface area contributed by atoms with Crippen LogP contribution in [0.3, 0.4) is 0 Å². The maximum atomic E-state index is 11.2. The standard InChI is InChI=1S/C10H13N3O2/c1-13-7-3-4-12-10(15-2)6(7)5-8(13)9(11)14/h3-4,8H,5H2,1-2H3,(H2,11,14)/t8-/m0/s1. The Morgan fingerprint density at radius 2 is 2.47 bits per heavy atom. The molecule has 5 heteroatoms. The van der Waals surface area contributed by atoms with E-state index >= 15 is 0 Å². The first kappa shape index (κ1) is 9.76. The molecule has 0 aliphatic carbocycles. The SMILES string of the molecule is COc1nccc2c1C[C@@H](C(N)=O)N2C. The summed E-state index contributed by atoms with van der Waals surface area (Å²) in [7, 11) is 3.42. The van der Waals surface area contributed by atoms with Crippen LogP contribution in [0.1, 0.15) is 5.56 Å². The summed E-state index contributed by atoms with van der Waals surface area (Å²) in [5, 5.41) is 0. The number of primary amides is 1. The molecule has 1 aliphatic rings. The lowest BCUT2D eigenvalue weighted by Gasteiger charge is -2.18. The third-order valence-electron chi connectivity index (χ3n) is 2.76. The zero-order chi connectivity index (χ0) is 11.0. The zero-order valence-electron chi connectivity index (χ0n) is 8.73. The lowest BCUT2D eigenvalue weighted by molar-refractivity contribution is -0.119. The van der Waals surface area contributed by atoms with Gasteiger partial charge in [-0.15, -0.1) is 0 Å². The van der Waals surface area contributed by atoms with Gasteiger partial charge in [-0.3, -0.25) is 4.79 Å². The van der Waals surface area contributed by atoms with Crippen LogP contribution >= 0.6 is 0 Å². The number of hydrogen-bond donors (Lipinski definition) is 1. The molecule has 0 aromatic carbocycles. The van der Waals surface area contributed by atoms with E-state index in [1.54, 1.807) is 13.3 Å². The molecule has 0 saturated heterocycles. The van der Waals surface area contributed by atoms with Crippen molar-refractivity contribution in [3.05, 3.63) is 17.8 Å². The lowest BCUT2D eigenvalue weighted by atomic mass is 10.1. The van der Waals surface area contributed by atoms with E-state index in [1.807, 2.05) is 18.0 Å². The minimum atomic E-state index is -0.323. The Balaban J connectivity index is 2.44. The molecule has 0 radical (unpaired) electrons. The Kier molecular flexibility index (Phi) is 2.22. The predicted molar refractivity (Wildman–Crippen MR) is 55.9 cm³/mol. The third kappa shape index (κ3) is 1.40. The number of ether oxygens (including phenoxy) is 1. The minimum Gasteiger partial charge on any atom is -0.481 e. The van der Waals surface area contributed by atoms with Crippen LogP contribution in [-0.4, -0.2) is 31.1 Å². The van der Waals surface area contributed by atoms with Crippen LogP contribution in [0.2, 0.25) is 0 Å². The molecule has 0 spiro atoms. The van der Waals surface area contributed by atoms with Crippen molar-refractivity contribution in [1.82, 2.24) is 4.98 Å². The normalized spacial score (nSPS) is 18.8. The number of hydrogen-bond acceptors (Lipinski definition) is 4. The van der Waals surface area contributed by atoms with E-state index in [4.69, 9.17) is 10.5 Å². The smallest absolute Gasteiger partial charge is 0.240 e. The van der Waals surface area contributed by atoms with Crippen LogP contribution in [-0.2, 0) is 11.2 Å². The largest absolute Gasteiger partial charge is 0.481 e. The molecular formula is C10H13N3O2. The van der Waals surface area contributed by atoms with Gasteiger partial charge in [-0.2, -0.15) is 0 Å². The number of carbonyl (C=O) groups excluding carboxylic acids is 1. The summed E-state index contributed by atoms with van der Waals surface area (Å²) < 4.78 is 5.14. The number of nitrogens with two attached hydrogens (primary N) is 1. The number of likely N-dealkylation sites (N-methyl/N-ethyl adjacent to an activating group) is 1. The second-order valence-electron chi connectivity index (χ2n) is 3.55. The summed E-state index contributed by atoms with van der Waals surface area (Å²) >= 11 is 0. The minimum absolute atomic E-state index is 0.293. The number of fused-ring (bicyclic) bond motifs is 1. The molecule has 0 fully saturated rings. The molecule has 5 nitrogen and oxygen atoms in total. The van der Waals surface area contributed by atoms with E-state index in [-0.39, 0.29) is 11.9 Å². The van der Waals surface area contributed by atoms with Crippen molar-refractivity contribution in [2.24, 2.45) is 5.73 Å². The highest BCUT2D eigenvalue weighted by molar-refractivity contribution is 5.87. The van der Waals surface area contributed by atoms with Gasteiger partial charge >= 0.3 is 0 Å². The van der Waals surface area contributed by atoms with Gasteiger partial charge in [0.2, 0.25) is 11.8 Å². The molecule has 2 N–H and O–H groups in total. The van der Waals surface area contributed by atoms with Crippen molar-refractivity contribution in [3.63, 3.8) is 0 Å². The first-order chi connectivity index (χ1) is 7.15. The van der Waals surface area contributed by atoms with Crippen LogP contribution < -0.4 is 15.4 Å². The molecule has 0 unspecified atom stereocenters. The van der Waals surface area contributed by atoms with Crippen molar-refractivity contribution in [2.45, 2.75) is 12.5 Å². The molecule has 80 valence electrons.